The van der Waals surface area contributed by atoms with E-state index in [4.69, 9.17) is 5.26 Å². The normalized spacial score (nSPS) is 10.8. The molecule has 0 amide bonds. The lowest BCUT2D eigenvalue weighted by atomic mass is 10.2. The lowest BCUT2D eigenvalue weighted by molar-refractivity contribution is 0.0605. The first kappa shape index (κ1) is 16.0. The van der Waals surface area contributed by atoms with E-state index in [0.29, 0.717) is 21.0 Å². The minimum Gasteiger partial charge on any atom is -0.465 e. The van der Waals surface area contributed by atoms with E-state index in [2.05, 4.69) is 9.46 Å². The molecular weight excluding hydrogens is 324 g/mol. The van der Waals surface area contributed by atoms with Crippen LogP contribution in [0.4, 0.5) is 5.00 Å². The number of ether oxygens (including phenoxy) is 1. The zero-order valence-corrected chi connectivity index (χ0v) is 13.4. The second-order valence-corrected chi connectivity index (χ2v) is 7.09. The monoisotopic (exact) mass is 336 g/mol. The maximum Gasteiger partial charge on any atom is 0.348 e. The molecule has 0 aliphatic heterocycles. The van der Waals surface area contributed by atoms with Crippen LogP contribution >= 0.6 is 11.3 Å². The predicted molar refractivity (Wildman–Crippen MR) is 82.4 cm³/mol. The summed E-state index contributed by atoms with van der Waals surface area (Å²) < 4.78 is 31.6. The van der Waals surface area contributed by atoms with Crippen molar-refractivity contribution < 1.29 is 17.9 Å². The van der Waals surface area contributed by atoms with E-state index in [0.717, 1.165) is 11.3 Å². The topological polar surface area (TPSA) is 96.3 Å². The van der Waals surface area contributed by atoms with Crippen LogP contribution in [0.5, 0.6) is 0 Å². The molecule has 22 heavy (non-hydrogen) atoms. The van der Waals surface area contributed by atoms with Crippen molar-refractivity contribution in [3.05, 3.63) is 46.3 Å². The standard InChI is InChI=1S/C14H12N2O4S2/c1-9-7-12(21-13(9)14(17)20-2)16-22(18,19)11-5-3-10(8-15)4-6-11/h3-7,16H,1-2H3. The Hall–Kier alpha value is -2.37. The molecule has 0 spiro atoms. The van der Waals surface area contributed by atoms with E-state index >= 15 is 0 Å². The molecule has 1 heterocycles. The number of thiophene rings is 1. The molecule has 1 N–H and O–H groups in total. The average Bonchev–Trinajstić information content (AvgIpc) is 2.86. The molecule has 0 bridgehead atoms. The van der Waals surface area contributed by atoms with Crippen molar-refractivity contribution in [1.82, 2.24) is 0 Å². The largest absolute Gasteiger partial charge is 0.465 e. The van der Waals surface area contributed by atoms with Crippen molar-refractivity contribution in [3.8, 4) is 6.07 Å². The number of anilines is 1. The van der Waals surface area contributed by atoms with Gasteiger partial charge in [0.25, 0.3) is 10.0 Å². The first-order chi connectivity index (χ1) is 10.4. The van der Waals surface area contributed by atoms with Crippen molar-refractivity contribution >= 4 is 32.3 Å². The maximum absolute atomic E-state index is 12.3. The lowest BCUT2D eigenvalue weighted by Gasteiger charge is -2.05. The number of aryl methyl sites for hydroxylation is 1. The summed E-state index contributed by atoms with van der Waals surface area (Å²) >= 11 is 1.00. The summed E-state index contributed by atoms with van der Waals surface area (Å²) in [5, 5.41) is 9.04. The van der Waals surface area contributed by atoms with Gasteiger partial charge < -0.3 is 4.74 Å². The van der Waals surface area contributed by atoms with Gasteiger partial charge in [-0.15, -0.1) is 11.3 Å². The molecule has 8 heteroatoms. The first-order valence-electron chi connectivity index (χ1n) is 6.09. The van der Waals surface area contributed by atoms with Gasteiger partial charge in [0, 0.05) is 0 Å². The quantitative estimate of drug-likeness (QED) is 0.865. The lowest BCUT2D eigenvalue weighted by Crippen LogP contribution is -2.11. The predicted octanol–water partition coefficient (Wildman–Crippen LogP) is 2.52. The summed E-state index contributed by atoms with van der Waals surface area (Å²) in [5.41, 5.74) is 1.01. The molecule has 6 nitrogen and oxygen atoms in total. The summed E-state index contributed by atoms with van der Waals surface area (Å²) in [6.07, 6.45) is 0. The van der Waals surface area contributed by atoms with Gasteiger partial charge in [0.15, 0.2) is 0 Å². The van der Waals surface area contributed by atoms with Crippen molar-refractivity contribution in [2.45, 2.75) is 11.8 Å². The third-order valence-corrected chi connectivity index (χ3v) is 5.46. The highest BCUT2D eigenvalue weighted by Crippen LogP contribution is 2.29. The average molecular weight is 336 g/mol. The molecule has 0 unspecified atom stereocenters. The van der Waals surface area contributed by atoms with E-state index < -0.39 is 16.0 Å². The number of benzene rings is 1. The van der Waals surface area contributed by atoms with Crippen LogP contribution in [0, 0.1) is 18.3 Å². The highest BCUT2D eigenvalue weighted by Gasteiger charge is 2.19. The zero-order chi connectivity index (χ0) is 16.3. The highest BCUT2D eigenvalue weighted by atomic mass is 32.2. The molecule has 2 aromatic rings. The van der Waals surface area contributed by atoms with E-state index in [1.165, 1.54) is 31.4 Å². The van der Waals surface area contributed by atoms with Gasteiger partial charge in [-0.05, 0) is 42.8 Å². The van der Waals surface area contributed by atoms with E-state index in [-0.39, 0.29) is 4.90 Å². The molecule has 114 valence electrons. The van der Waals surface area contributed by atoms with Gasteiger partial charge in [-0.1, -0.05) is 0 Å². The Balaban J connectivity index is 2.29. The number of sulfonamides is 1. The van der Waals surface area contributed by atoms with Gasteiger partial charge in [-0.2, -0.15) is 5.26 Å². The van der Waals surface area contributed by atoms with E-state index in [1.807, 2.05) is 6.07 Å². The van der Waals surface area contributed by atoms with Gasteiger partial charge in [0.05, 0.1) is 23.6 Å². The Morgan fingerprint density at radius 3 is 2.50 bits per heavy atom. The fourth-order valence-corrected chi connectivity index (χ4v) is 4.00. The fraction of sp³-hybridized carbons (Fsp3) is 0.143. The van der Waals surface area contributed by atoms with Crippen LogP contribution in [0.2, 0.25) is 0 Å². The van der Waals surface area contributed by atoms with Crippen molar-refractivity contribution in [2.24, 2.45) is 0 Å². The molecule has 0 aliphatic rings. The van der Waals surface area contributed by atoms with Crippen molar-refractivity contribution in [3.63, 3.8) is 0 Å². The zero-order valence-electron chi connectivity index (χ0n) is 11.8. The van der Waals surface area contributed by atoms with Crippen LogP contribution in [0.25, 0.3) is 0 Å². The summed E-state index contributed by atoms with van der Waals surface area (Å²) in [6, 6.07) is 9.04. The number of nitrogens with one attached hydrogen (secondary N) is 1. The van der Waals surface area contributed by atoms with Crippen LogP contribution in [0.1, 0.15) is 20.8 Å². The number of hydrogen-bond acceptors (Lipinski definition) is 6. The molecule has 0 fully saturated rings. The Kier molecular flexibility index (Phi) is 4.49. The molecule has 0 saturated heterocycles. The van der Waals surface area contributed by atoms with Crippen LogP contribution in [-0.4, -0.2) is 21.5 Å². The molecule has 2 rings (SSSR count). The second kappa shape index (κ2) is 6.17. The number of esters is 1. The molecule has 0 atom stereocenters. The van der Waals surface area contributed by atoms with Crippen LogP contribution in [0.3, 0.4) is 0 Å². The summed E-state index contributed by atoms with van der Waals surface area (Å²) in [7, 11) is -2.51. The number of nitriles is 1. The SMILES string of the molecule is COC(=O)c1sc(NS(=O)(=O)c2ccc(C#N)cc2)cc1C. The minimum atomic E-state index is -3.78. The summed E-state index contributed by atoms with van der Waals surface area (Å²) in [5.74, 6) is -0.508. The highest BCUT2D eigenvalue weighted by molar-refractivity contribution is 7.93. The molecule has 0 aliphatic carbocycles. The number of methoxy groups -OCH3 is 1. The Morgan fingerprint density at radius 1 is 1.32 bits per heavy atom. The summed E-state index contributed by atoms with van der Waals surface area (Å²) in [6.45, 7) is 1.70. The molecule has 0 radical (unpaired) electrons. The maximum atomic E-state index is 12.3. The molecular formula is C14H12N2O4S2. The molecule has 0 saturated carbocycles. The van der Waals surface area contributed by atoms with Crippen LogP contribution in [0.15, 0.2) is 35.2 Å². The van der Waals surface area contributed by atoms with Gasteiger partial charge in [0.1, 0.15) is 9.88 Å². The third-order valence-electron chi connectivity index (χ3n) is 2.82. The molecule has 1 aromatic heterocycles. The third kappa shape index (κ3) is 3.27. The Morgan fingerprint density at radius 2 is 1.95 bits per heavy atom. The molecule has 1 aromatic carbocycles. The number of carbonyl (C=O) groups excluding carboxylic acids is 1. The second-order valence-electron chi connectivity index (χ2n) is 4.36. The number of rotatable bonds is 4. The number of hydrogen-bond donors (Lipinski definition) is 1. The summed E-state index contributed by atoms with van der Waals surface area (Å²) in [4.78, 5) is 11.9. The first-order valence-corrected chi connectivity index (χ1v) is 8.39. The fourth-order valence-electron chi connectivity index (χ4n) is 1.73. The van der Waals surface area contributed by atoms with Gasteiger partial charge in [0.2, 0.25) is 0 Å². The number of carbonyl (C=O) groups is 1. The van der Waals surface area contributed by atoms with Gasteiger partial charge >= 0.3 is 5.97 Å². The van der Waals surface area contributed by atoms with Crippen molar-refractivity contribution in [2.75, 3.05) is 11.8 Å². The van der Waals surface area contributed by atoms with E-state index in [1.54, 1.807) is 13.0 Å². The Labute approximate surface area is 132 Å². The Bertz CT molecular complexity index is 846. The minimum absolute atomic E-state index is 0.0390. The van der Waals surface area contributed by atoms with Gasteiger partial charge in [-0.25, -0.2) is 13.2 Å². The number of nitrogens with zero attached hydrogens (tertiary/aromatic N) is 1. The smallest absolute Gasteiger partial charge is 0.348 e. The van der Waals surface area contributed by atoms with Gasteiger partial charge in [-0.3, -0.25) is 4.72 Å². The van der Waals surface area contributed by atoms with Crippen LogP contribution < -0.4 is 4.72 Å². The van der Waals surface area contributed by atoms with Crippen molar-refractivity contribution in [1.29, 1.82) is 5.26 Å². The van der Waals surface area contributed by atoms with E-state index in [9.17, 15) is 13.2 Å². The van der Waals surface area contributed by atoms with Crippen LogP contribution in [-0.2, 0) is 14.8 Å².